The van der Waals surface area contributed by atoms with Gasteiger partial charge in [0.05, 0.1) is 6.07 Å². The van der Waals surface area contributed by atoms with Crippen molar-refractivity contribution in [3.63, 3.8) is 0 Å². The Bertz CT molecular complexity index is 605. The number of rotatable bonds is 3. The van der Waals surface area contributed by atoms with Crippen LogP contribution >= 0.6 is 11.6 Å². The van der Waals surface area contributed by atoms with Gasteiger partial charge in [0.25, 0.3) is 10.0 Å². The van der Waals surface area contributed by atoms with Gasteiger partial charge < -0.3 is 4.57 Å². The van der Waals surface area contributed by atoms with Crippen LogP contribution < -0.4 is 4.72 Å². The van der Waals surface area contributed by atoms with E-state index in [1.165, 1.54) is 17.7 Å². The van der Waals surface area contributed by atoms with Gasteiger partial charge in [-0.05, 0) is 23.9 Å². The normalized spacial score (nSPS) is 15.8. The first-order valence-electron chi connectivity index (χ1n) is 5.57. The lowest BCUT2D eigenvalue weighted by Gasteiger charge is -2.35. The van der Waals surface area contributed by atoms with Crippen molar-refractivity contribution in [3.05, 3.63) is 11.5 Å². The molecule has 1 aromatic rings. The van der Waals surface area contributed by atoms with Crippen molar-refractivity contribution in [3.8, 4) is 6.07 Å². The fraction of sp³-hybridized carbons (Fsp3) is 0.636. The Morgan fingerprint density at radius 1 is 1.42 bits per heavy atom. The molecular weight excluding hydrogens is 288 g/mol. The highest BCUT2D eigenvalue weighted by molar-refractivity contribution is 7.89. The van der Waals surface area contributed by atoms with E-state index in [0.717, 1.165) is 0 Å². The molecule has 106 valence electrons. The minimum Gasteiger partial charge on any atom is -0.323 e. The van der Waals surface area contributed by atoms with Crippen LogP contribution in [0.25, 0.3) is 0 Å². The fourth-order valence-corrected chi connectivity index (χ4v) is 2.90. The topological polar surface area (TPSA) is 87.8 Å². The van der Waals surface area contributed by atoms with Gasteiger partial charge in [-0.25, -0.2) is 13.4 Å². The summed E-state index contributed by atoms with van der Waals surface area (Å²) in [4.78, 5) is 3.75. The number of hydrogen-bond acceptors (Lipinski definition) is 4. The maximum atomic E-state index is 12.2. The molecule has 0 aliphatic rings. The molecule has 1 atom stereocenters. The maximum absolute atomic E-state index is 12.2. The monoisotopic (exact) mass is 304 g/mol. The average Bonchev–Trinajstić information content (AvgIpc) is 2.57. The Balaban J connectivity index is 3.21. The maximum Gasteiger partial charge on any atom is 0.261 e. The average molecular weight is 305 g/mol. The van der Waals surface area contributed by atoms with E-state index in [2.05, 4.69) is 9.71 Å². The zero-order chi connectivity index (χ0) is 15.1. The Hall–Kier alpha value is -1.10. The molecule has 8 heteroatoms. The summed E-state index contributed by atoms with van der Waals surface area (Å²) in [6.45, 7) is 6.88. The number of nitrogens with zero attached hydrogens (tertiary/aromatic N) is 3. The van der Waals surface area contributed by atoms with E-state index >= 15 is 0 Å². The second-order valence-electron chi connectivity index (χ2n) is 5.55. The van der Waals surface area contributed by atoms with Crippen LogP contribution in [0.5, 0.6) is 0 Å². The van der Waals surface area contributed by atoms with Crippen LogP contribution in [0.2, 0.25) is 5.28 Å². The van der Waals surface area contributed by atoms with E-state index in [1.54, 1.807) is 27.8 Å². The molecule has 0 saturated heterocycles. The lowest BCUT2D eigenvalue weighted by Crippen LogP contribution is -2.53. The SMILES string of the molecule is Cn1cc(S(=O)(=O)N[C@](C)(C#N)C(C)(C)C)nc1Cl. The number of aryl methyl sites for hydroxylation is 1. The minimum absolute atomic E-state index is 0.0646. The molecule has 1 N–H and O–H groups in total. The van der Waals surface area contributed by atoms with E-state index in [4.69, 9.17) is 11.6 Å². The lowest BCUT2D eigenvalue weighted by molar-refractivity contribution is 0.247. The van der Waals surface area contributed by atoms with Gasteiger partial charge in [-0.1, -0.05) is 20.8 Å². The molecule has 0 spiro atoms. The van der Waals surface area contributed by atoms with Crippen LogP contribution in [0, 0.1) is 16.7 Å². The largest absolute Gasteiger partial charge is 0.323 e. The molecule has 0 aliphatic carbocycles. The summed E-state index contributed by atoms with van der Waals surface area (Å²) in [6, 6.07) is 2.01. The molecule has 6 nitrogen and oxygen atoms in total. The Kier molecular flexibility index (Phi) is 4.01. The van der Waals surface area contributed by atoms with Crippen molar-refractivity contribution in [2.45, 2.75) is 38.3 Å². The number of hydrogen-bond donors (Lipinski definition) is 1. The number of imidazole rings is 1. The summed E-state index contributed by atoms with van der Waals surface area (Å²) in [5.41, 5.74) is -1.83. The van der Waals surface area contributed by atoms with Crippen molar-refractivity contribution < 1.29 is 8.42 Å². The molecule has 0 aliphatic heterocycles. The van der Waals surface area contributed by atoms with E-state index in [9.17, 15) is 13.7 Å². The number of aromatic nitrogens is 2. The van der Waals surface area contributed by atoms with Crippen molar-refractivity contribution in [1.29, 1.82) is 5.26 Å². The molecule has 1 heterocycles. The minimum atomic E-state index is -3.90. The molecule has 0 bridgehead atoms. The smallest absolute Gasteiger partial charge is 0.261 e. The van der Waals surface area contributed by atoms with Crippen molar-refractivity contribution in [2.75, 3.05) is 0 Å². The van der Waals surface area contributed by atoms with Gasteiger partial charge in [0.15, 0.2) is 5.03 Å². The number of nitrogens with one attached hydrogen (secondary N) is 1. The van der Waals surface area contributed by atoms with E-state index in [1.807, 2.05) is 6.07 Å². The molecule has 19 heavy (non-hydrogen) atoms. The van der Waals surface area contributed by atoms with Crippen LogP contribution in [0.1, 0.15) is 27.7 Å². The zero-order valence-corrected chi connectivity index (χ0v) is 13.1. The first kappa shape index (κ1) is 16.0. The van der Waals surface area contributed by atoms with Gasteiger partial charge in [-0.3, -0.25) is 0 Å². The Morgan fingerprint density at radius 2 is 1.95 bits per heavy atom. The lowest BCUT2D eigenvalue weighted by atomic mass is 9.77. The van der Waals surface area contributed by atoms with Crippen LogP contribution in [-0.4, -0.2) is 23.5 Å². The third-order valence-corrected chi connectivity index (χ3v) is 4.91. The molecule has 0 unspecified atom stereocenters. The first-order chi connectivity index (χ1) is 8.43. The molecule has 0 saturated carbocycles. The molecule has 0 aromatic carbocycles. The summed E-state index contributed by atoms with van der Waals surface area (Å²) in [5.74, 6) is 0. The van der Waals surface area contributed by atoms with Crippen LogP contribution in [0.4, 0.5) is 0 Å². The van der Waals surface area contributed by atoms with Gasteiger partial charge >= 0.3 is 0 Å². The van der Waals surface area contributed by atoms with Crippen molar-refractivity contribution >= 4 is 21.6 Å². The Labute approximate surface area is 118 Å². The standard InChI is InChI=1S/C11H17ClN4O2S/c1-10(2,3)11(4,7-13)15-19(17,18)8-6-16(5)9(12)14-8/h6,15H,1-5H3/t11-/m1/s1. The van der Waals surface area contributed by atoms with Gasteiger partial charge in [0, 0.05) is 13.2 Å². The summed E-state index contributed by atoms with van der Waals surface area (Å²) >= 11 is 5.73. The van der Waals surface area contributed by atoms with Gasteiger partial charge in [0.2, 0.25) is 5.28 Å². The summed E-state index contributed by atoms with van der Waals surface area (Å²) < 4.78 is 28.2. The molecule has 0 fully saturated rings. The highest BCUT2D eigenvalue weighted by Gasteiger charge is 2.42. The predicted molar refractivity (Wildman–Crippen MR) is 72.0 cm³/mol. The van der Waals surface area contributed by atoms with Crippen LogP contribution in [0.15, 0.2) is 11.2 Å². The van der Waals surface area contributed by atoms with E-state index in [0.29, 0.717) is 0 Å². The molecule has 0 radical (unpaired) electrons. The highest BCUT2D eigenvalue weighted by atomic mass is 35.5. The second kappa shape index (κ2) is 4.78. The van der Waals surface area contributed by atoms with E-state index in [-0.39, 0.29) is 10.3 Å². The third kappa shape index (κ3) is 3.08. The third-order valence-electron chi connectivity index (χ3n) is 3.14. The molecule has 1 rings (SSSR count). The summed E-state index contributed by atoms with van der Waals surface area (Å²) in [6.07, 6.45) is 1.30. The first-order valence-corrected chi connectivity index (χ1v) is 7.43. The Morgan fingerprint density at radius 3 is 2.26 bits per heavy atom. The second-order valence-corrected chi connectivity index (χ2v) is 7.52. The van der Waals surface area contributed by atoms with Crippen LogP contribution in [-0.2, 0) is 17.1 Å². The highest BCUT2D eigenvalue weighted by Crippen LogP contribution is 2.31. The number of halogens is 1. The fourth-order valence-electron chi connectivity index (χ4n) is 1.21. The molecule has 0 amide bonds. The van der Waals surface area contributed by atoms with E-state index < -0.39 is 21.0 Å². The predicted octanol–water partition coefficient (Wildman–Crippen LogP) is 1.68. The van der Waals surface area contributed by atoms with Crippen molar-refractivity contribution in [1.82, 2.24) is 14.3 Å². The van der Waals surface area contributed by atoms with Gasteiger partial charge in [0.1, 0.15) is 5.54 Å². The quantitative estimate of drug-likeness (QED) is 0.920. The molecular formula is C11H17ClN4O2S. The molecule has 1 aromatic heterocycles. The van der Waals surface area contributed by atoms with Crippen molar-refractivity contribution in [2.24, 2.45) is 12.5 Å². The van der Waals surface area contributed by atoms with Gasteiger partial charge in [-0.15, -0.1) is 0 Å². The number of sulfonamides is 1. The number of nitriles is 1. The van der Waals surface area contributed by atoms with Gasteiger partial charge in [-0.2, -0.15) is 9.98 Å². The summed E-state index contributed by atoms with van der Waals surface area (Å²) in [7, 11) is -2.32. The zero-order valence-electron chi connectivity index (χ0n) is 11.5. The summed E-state index contributed by atoms with van der Waals surface area (Å²) in [5, 5.41) is 9.12. The van der Waals surface area contributed by atoms with Crippen LogP contribution in [0.3, 0.4) is 0 Å².